The maximum atomic E-state index is 11.2. The van der Waals surface area contributed by atoms with Crippen LogP contribution in [0.4, 0.5) is 0 Å². The highest BCUT2D eigenvalue weighted by Gasteiger charge is 2.10. The Hall–Kier alpha value is -3.15. The van der Waals surface area contributed by atoms with E-state index >= 15 is 0 Å². The molecule has 2 aromatic carbocycles. The molecule has 0 spiro atoms. The minimum absolute atomic E-state index is 0.461. The first-order valence-electron chi connectivity index (χ1n) is 7.19. The molecule has 0 atom stereocenters. The molecule has 0 unspecified atom stereocenters. The summed E-state index contributed by atoms with van der Waals surface area (Å²) in [5, 5.41) is 4.02. The van der Waals surface area contributed by atoms with Crippen LogP contribution in [0.15, 0.2) is 56.2 Å². The number of aromatic amines is 1. The van der Waals surface area contributed by atoms with Gasteiger partial charge in [-0.3, -0.25) is 4.98 Å². The van der Waals surface area contributed by atoms with Crippen LogP contribution in [0.3, 0.4) is 0 Å². The lowest BCUT2D eigenvalue weighted by Gasteiger charge is -1.96. The molecule has 0 fully saturated rings. The summed E-state index contributed by atoms with van der Waals surface area (Å²) < 4.78 is 10.3. The highest BCUT2D eigenvalue weighted by Crippen LogP contribution is 2.19. The number of benzene rings is 2. The van der Waals surface area contributed by atoms with Gasteiger partial charge in [0.1, 0.15) is 0 Å². The predicted octanol–water partition coefficient (Wildman–Crippen LogP) is 3.07. The van der Waals surface area contributed by atoms with Crippen LogP contribution < -0.4 is 5.76 Å². The van der Waals surface area contributed by atoms with Gasteiger partial charge >= 0.3 is 5.76 Å². The largest absolute Gasteiger partial charge is 0.417 e. The van der Waals surface area contributed by atoms with Crippen LogP contribution in [-0.2, 0) is 6.42 Å². The molecule has 0 amide bonds. The molecule has 0 saturated carbocycles. The number of aryl methyl sites for hydroxylation is 1. The summed E-state index contributed by atoms with van der Waals surface area (Å²) >= 11 is 0. The molecule has 6 heteroatoms. The minimum Gasteiger partial charge on any atom is -0.408 e. The van der Waals surface area contributed by atoms with Gasteiger partial charge in [-0.25, -0.2) is 4.79 Å². The number of hydrogen-bond donors (Lipinski definition) is 1. The molecule has 0 saturated heterocycles. The Bertz CT molecular complexity index is 1030. The summed E-state index contributed by atoms with van der Waals surface area (Å²) in [5.41, 5.74) is 4.24. The maximum Gasteiger partial charge on any atom is 0.417 e. The molecule has 0 bridgehead atoms. The second-order valence-corrected chi connectivity index (χ2v) is 5.40. The van der Waals surface area contributed by atoms with Crippen LogP contribution in [0.25, 0.3) is 22.5 Å². The Balaban J connectivity index is 1.60. The van der Waals surface area contributed by atoms with Crippen molar-refractivity contribution in [2.45, 2.75) is 13.3 Å². The van der Waals surface area contributed by atoms with Crippen LogP contribution in [0.1, 0.15) is 17.0 Å². The summed E-state index contributed by atoms with van der Waals surface area (Å²) in [6, 6.07) is 13.4. The van der Waals surface area contributed by atoms with E-state index in [0.29, 0.717) is 29.2 Å². The molecular formula is C17H13N3O3. The van der Waals surface area contributed by atoms with Gasteiger partial charge < -0.3 is 8.94 Å². The lowest BCUT2D eigenvalue weighted by Crippen LogP contribution is -1.93. The zero-order chi connectivity index (χ0) is 15.8. The monoisotopic (exact) mass is 307 g/mol. The standard InChI is InChI=1S/C17H13N3O3/c1-10-2-5-12(6-3-10)16-19-15(23-20-16)9-11-4-7-14-13(8-11)18-17(21)22-14/h2-8H,9H2,1H3,(H,18,21). The Morgan fingerprint density at radius 3 is 2.78 bits per heavy atom. The Kier molecular flexibility index (Phi) is 3.08. The number of aromatic nitrogens is 3. The van der Waals surface area contributed by atoms with Gasteiger partial charge in [0, 0.05) is 5.56 Å². The molecule has 2 aromatic heterocycles. The van der Waals surface area contributed by atoms with E-state index in [2.05, 4.69) is 15.1 Å². The highest BCUT2D eigenvalue weighted by atomic mass is 16.5. The normalized spacial score (nSPS) is 11.2. The van der Waals surface area contributed by atoms with E-state index in [1.54, 1.807) is 6.07 Å². The number of hydrogen-bond acceptors (Lipinski definition) is 5. The zero-order valence-electron chi connectivity index (χ0n) is 12.4. The highest BCUT2D eigenvalue weighted by molar-refractivity contribution is 5.72. The van der Waals surface area contributed by atoms with E-state index in [1.807, 2.05) is 43.3 Å². The fourth-order valence-corrected chi connectivity index (χ4v) is 2.43. The molecular weight excluding hydrogens is 294 g/mol. The number of nitrogens with one attached hydrogen (secondary N) is 1. The van der Waals surface area contributed by atoms with Crippen molar-refractivity contribution < 1.29 is 8.94 Å². The van der Waals surface area contributed by atoms with Gasteiger partial charge in [0.05, 0.1) is 11.9 Å². The lowest BCUT2D eigenvalue weighted by molar-refractivity contribution is 0.386. The van der Waals surface area contributed by atoms with Crippen LogP contribution in [-0.4, -0.2) is 15.1 Å². The molecule has 114 valence electrons. The second-order valence-electron chi connectivity index (χ2n) is 5.40. The first-order valence-corrected chi connectivity index (χ1v) is 7.19. The number of rotatable bonds is 3. The predicted molar refractivity (Wildman–Crippen MR) is 84.1 cm³/mol. The molecule has 4 rings (SSSR count). The fourth-order valence-electron chi connectivity index (χ4n) is 2.43. The van der Waals surface area contributed by atoms with E-state index < -0.39 is 5.76 Å². The molecule has 0 aliphatic heterocycles. The Morgan fingerprint density at radius 1 is 1.13 bits per heavy atom. The van der Waals surface area contributed by atoms with Crippen LogP contribution in [0.2, 0.25) is 0 Å². The van der Waals surface area contributed by atoms with Gasteiger partial charge in [-0.2, -0.15) is 4.98 Å². The molecule has 6 nitrogen and oxygen atoms in total. The molecule has 0 aliphatic carbocycles. The summed E-state index contributed by atoms with van der Waals surface area (Å²) in [6.07, 6.45) is 0.488. The number of oxazole rings is 1. The van der Waals surface area contributed by atoms with Crippen molar-refractivity contribution in [1.29, 1.82) is 0 Å². The van der Waals surface area contributed by atoms with Crippen molar-refractivity contribution in [2.75, 3.05) is 0 Å². The van der Waals surface area contributed by atoms with Gasteiger partial charge in [-0.1, -0.05) is 41.1 Å². The third-order valence-corrected chi connectivity index (χ3v) is 3.62. The van der Waals surface area contributed by atoms with E-state index in [-0.39, 0.29) is 0 Å². The third kappa shape index (κ3) is 2.66. The van der Waals surface area contributed by atoms with Crippen molar-refractivity contribution >= 4 is 11.1 Å². The van der Waals surface area contributed by atoms with Crippen LogP contribution in [0.5, 0.6) is 0 Å². The quantitative estimate of drug-likeness (QED) is 0.628. The van der Waals surface area contributed by atoms with Gasteiger partial charge in [0.15, 0.2) is 5.58 Å². The number of fused-ring (bicyclic) bond motifs is 1. The van der Waals surface area contributed by atoms with Gasteiger partial charge in [0.25, 0.3) is 0 Å². The fraction of sp³-hybridized carbons (Fsp3) is 0.118. The second kappa shape index (κ2) is 5.24. The number of H-pyrrole nitrogens is 1. The van der Waals surface area contributed by atoms with E-state index in [4.69, 9.17) is 8.94 Å². The summed E-state index contributed by atoms with van der Waals surface area (Å²) in [5.74, 6) is 0.625. The molecule has 0 radical (unpaired) electrons. The van der Waals surface area contributed by atoms with Crippen molar-refractivity contribution in [3.05, 3.63) is 70.0 Å². The van der Waals surface area contributed by atoms with Gasteiger partial charge in [-0.05, 0) is 24.6 Å². The Labute approximate surface area is 130 Å². The van der Waals surface area contributed by atoms with Crippen molar-refractivity contribution in [3.8, 4) is 11.4 Å². The summed E-state index contributed by atoms with van der Waals surface area (Å²) in [7, 11) is 0. The summed E-state index contributed by atoms with van der Waals surface area (Å²) in [6.45, 7) is 2.03. The molecule has 23 heavy (non-hydrogen) atoms. The average Bonchev–Trinajstić information content (AvgIpc) is 3.13. The molecule has 0 aliphatic rings. The summed E-state index contributed by atoms with van der Waals surface area (Å²) in [4.78, 5) is 18.2. The van der Waals surface area contributed by atoms with Crippen molar-refractivity contribution in [1.82, 2.24) is 15.1 Å². The van der Waals surface area contributed by atoms with Gasteiger partial charge in [0.2, 0.25) is 11.7 Å². The average molecular weight is 307 g/mol. The SMILES string of the molecule is Cc1ccc(-c2noc(Cc3ccc4oc(=O)[nH]c4c3)n2)cc1. The van der Waals surface area contributed by atoms with E-state index in [9.17, 15) is 4.79 Å². The van der Waals surface area contributed by atoms with Gasteiger partial charge in [-0.15, -0.1) is 0 Å². The number of nitrogens with zero attached hydrogens (tertiary/aromatic N) is 2. The molecule has 1 N–H and O–H groups in total. The van der Waals surface area contributed by atoms with E-state index in [0.717, 1.165) is 11.1 Å². The first-order chi connectivity index (χ1) is 11.2. The van der Waals surface area contributed by atoms with Crippen molar-refractivity contribution in [2.24, 2.45) is 0 Å². The van der Waals surface area contributed by atoms with E-state index in [1.165, 1.54) is 5.56 Å². The first kappa shape index (κ1) is 13.5. The zero-order valence-corrected chi connectivity index (χ0v) is 12.4. The van der Waals surface area contributed by atoms with Crippen molar-refractivity contribution in [3.63, 3.8) is 0 Å². The molecule has 2 heterocycles. The van der Waals surface area contributed by atoms with Crippen LogP contribution in [0, 0.1) is 6.92 Å². The maximum absolute atomic E-state index is 11.2. The minimum atomic E-state index is -0.461. The third-order valence-electron chi connectivity index (χ3n) is 3.62. The Morgan fingerprint density at radius 2 is 1.96 bits per heavy atom. The smallest absolute Gasteiger partial charge is 0.408 e. The lowest BCUT2D eigenvalue weighted by atomic mass is 10.1. The molecule has 4 aromatic rings. The van der Waals surface area contributed by atoms with Crippen LogP contribution >= 0.6 is 0 Å². The topological polar surface area (TPSA) is 84.9 Å².